The van der Waals surface area contributed by atoms with Crippen molar-refractivity contribution in [1.82, 2.24) is 15.0 Å². The average Bonchev–Trinajstić information content (AvgIpc) is 2.44. The van der Waals surface area contributed by atoms with E-state index in [1.807, 2.05) is 0 Å². The Morgan fingerprint density at radius 1 is 1.48 bits per heavy atom. The molecule has 0 aliphatic rings. The molecule has 0 aromatic carbocycles. The highest BCUT2D eigenvalue weighted by Gasteiger charge is 2.15. The number of hydrogen-bond acceptors (Lipinski definition) is 6. The van der Waals surface area contributed by atoms with Crippen LogP contribution in [0.25, 0.3) is 11.5 Å². The van der Waals surface area contributed by atoms with E-state index in [0.29, 0.717) is 5.69 Å². The molecule has 2 heterocycles. The number of aromatic amines is 1. The smallest absolute Gasteiger partial charge is 0.310 e. The lowest BCUT2D eigenvalue weighted by Crippen LogP contribution is -2.22. The van der Waals surface area contributed by atoms with E-state index in [9.17, 15) is 9.59 Å². The van der Waals surface area contributed by atoms with E-state index in [4.69, 9.17) is 10.5 Å². The van der Waals surface area contributed by atoms with E-state index >= 15 is 0 Å². The quantitative estimate of drug-likeness (QED) is 0.801. The number of anilines is 1. The van der Waals surface area contributed by atoms with Gasteiger partial charge in [-0.25, -0.2) is 4.98 Å². The zero-order valence-corrected chi connectivity index (χ0v) is 12.8. The monoisotopic (exact) mass is 352 g/mol. The van der Waals surface area contributed by atoms with Gasteiger partial charge < -0.3 is 15.5 Å². The molecule has 0 aliphatic carbocycles. The van der Waals surface area contributed by atoms with Crippen molar-refractivity contribution < 1.29 is 9.53 Å². The molecule has 0 bridgehead atoms. The zero-order valence-electron chi connectivity index (χ0n) is 11.2. The van der Waals surface area contributed by atoms with Gasteiger partial charge in [-0.2, -0.15) is 0 Å². The van der Waals surface area contributed by atoms with Crippen molar-refractivity contribution in [3.05, 3.63) is 38.7 Å². The van der Waals surface area contributed by atoms with Gasteiger partial charge in [0.1, 0.15) is 11.5 Å². The van der Waals surface area contributed by atoms with E-state index in [1.165, 1.54) is 0 Å². The highest BCUT2D eigenvalue weighted by atomic mass is 79.9. The number of ether oxygens (including phenoxy) is 1. The number of nitrogens with two attached hydrogens (primary N) is 1. The summed E-state index contributed by atoms with van der Waals surface area (Å²) in [6, 6.07) is 3.46. The van der Waals surface area contributed by atoms with Gasteiger partial charge in [-0.05, 0) is 35.0 Å². The number of carbonyl (C=O) groups is 1. The van der Waals surface area contributed by atoms with Crippen LogP contribution in [-0.4, -0.2) is 27.5 Å². The summed E-state index contributed by atoms with van der Waals surface area (Å²) in [5.41, 5.74) is 5.85. The van der Waals surface area contributed by atoms with Crippen molar-refractivity contribution in [2.24, 2.45) is 0 Å². The molecule has 2 rings (SSSR count). The Bertz CT molecular complexity index is 712. The predicted molar refractivity (Wildman–Crippen MR) is 80.5 cm³/mol. The van der Waals surface area contributed by atoms with Crippen LogP contribution in [0.2, 0.25) is 0 Å². The Morgan fingerprint density at radius 2 is 2.24 bits per heavy atom. The van der Waals surface area contributed by atoms with Gasteiger partial charge in [0.05, 0.1) is 18.6 Å². The van der Waals surface area contributed by atoms with Gasteiger partial charge in [0.2, 0.25) is 0 Å². The van der Waals surface area contributed by atoms with Crippen LogP contribution in [-0.2, 0) is 16.0 Å². The van der Waals surface area contributed by atoms with E-state index in [0.717, 1.165) is 4.47 Å². The first-order valence-electron chi connectivity index (χ1n) is 6.17. The van der Waals surface area contributed by atoms with Crippen LogP contribution in [0.5, 0.6) is 0 Å². The third-order valence-corrected chi connectivity index (χ3v) is 3.11. The maximum absolute atomic E-state index is 12.0. The van der Waals surface area contributed by atoms with Crippen molar-refractivity contribution in [1.29, 1.82) is 0 Å². The number of nitrogens with zero attached hydrogens (tertiary/aromatic N) is 2. The number of nitrogens with one attached hydrogen (secondary N) is 1. The fourth-order valence-electron chi connectivity index (χ4n) is 1.68. The summed E-state index contributed by atoms with van der Waals surface area (Å²) in [6.45, 7) is 1.93. The first-order chi connectivity index (χ1) is 10.0. The molecule has 21 heavy (non-hydrogen) atoms. The summed E-state index contributed by atoms with van der Waals surface area (Å²) in [7, 11) is 0. The molecule has 3 N–H and O–H groups in total. The topological polar surface area (TPSA) is 111 Å². The molecular formula is C13H13BrN4O3. The van der Waals surface area contributed by atoms with Crippen molar-refractivity contribution >= 4 is 27.7 Å². The minimum Gasteiger partial charge on any atom is -0.466 e. The first-order valence-corrected chi connectivity index (χ1v) is 6.96. The van der Waals surface area contributed by atoms with E-state index < -0.39 is 11.5 Å². The van der Waals surface area contributed by atoms with Gasteiger partial charge in [0.25, 0.3) is 5.56 Å². The van der Waals surface area contributed by atoms with Crippen LogP contribution in [0.4, 0.5) is 5.82 Å². The molecule has 0 spiro atoms. The predicted octanol–water partition coefficient (Wildman–Crippen LogP) is 1.28. The van der Waals surface area contributed by atoms with Gasteiger partial charge in [0, 0.05) is 10.7 Å². The number of aromatic nitrogens is 3. The number of nitrogen functional groups attached to an aromatic ring is 1. The van der Waals surface area contributed by atoms with Crippen LogP contribution in [0.3, 0.4) is 0 Å². The first kappa shape index (κ1) is 15.2. The summed E-state index contributed by atoms with van der Waals surface area (Å²) in [4.78, 5) is 34.2. The molecule has 0 fully saturated rings. The van der Waals surface area contributed by atoms with Crippen LogP contribution >= 0.6 is 15.9 Å². The third kappa shape index (κ3) is 3.66. The number of rotatable bonds is 4. The standard InChI is InChI=1S/C13H13BrN4O3/c1-2-21-10(19)5-8-11(15)17-12(18-13(8)20)9-4-3-7(14)6-16-9/h3-4,6H,2,5H2,1H3,(H3,15,17,18,20). The normalized spacial score (nSPS) is 10.4. The Morgan fingerprint density at radius 3 is 2.81 bits per heavy atom. The Kier molecular flexibility index (Phi) is 4.69. The summed E-state index contributed by atoms with van der Waals surface area (Å²) >= 11 is 3.27. The average molecular weight is 353 g/mol. The summed E-state index contributed by atoms with van der Waals surface area (Å²) in [6.07, 6.45) is 1.37. The number of hydrogen-bond donors (Lipinski definition) is 2. The molecule has 2 aromatic heterocycles. The lowest BCUT2D eigenvalue weighted by atomic mass is 10.2. The van der Waals surface area contributed by atoms with Crippen molar-refractivity contribution in [2.45, 2.75) is 13.3 Å². The van der Waals surface area contributed by atoms with Gasteiger partial charge in [-0.15, -0.1) is 0 Å². The molecule has 0 amide bonds. The van der Waals surface area contributed by atoms with Crippen molar-refractivity contribution in [3.8, 4) is 11.5 Å². The van der Waals surface area contributed by atoms with E-state index in [1.54, 1.807) is 25.3 Å². The number of esters is 1. The number of H-pyrrole nitrogens is 1. The van der Waals surface area contributed by atoms with Crippen LogP contribution in [0.1, 0.15) is 12.5 Å². The summed E-state index contributed by atoms with van der Waals surface area (Å²) in [5.74, 6) is -0.282. The molecular weight excluding hydrogens is 340 g/mol. The molecule has 110 valence electrons. The second kappa shape index (κ2) is 6.49. The van der Waals surface area contributed by atoms with Crippen LogP contribution < -0.4 is 11.3 Å². The lowest BCUT2D eigenvalue weighted by Gasteiger charge is -2.06. The fraction of sp³-hybridized carbons (Fsp3) is 0.231. The maximum Gasteiger partial charge on any atom is 0.310 e. The summed E-state index contributed by atoms with van der Waals surface area (Å²) < 4.78 is 5.60. The fourth-order valence-corrected chi connectivity index (χ4v) is 1.91. The lowest BCUT2D eigenvalue weighted by molar-refractivity contribution is -0.142. The van der Waals surface area contributed by atoms with Crippen molar-refractivity contribution in [3.63, 3.8) is 0 Å². The van der Waals surface area contributed by atoms with Gasteiger partial charge in [-0.1, -0.05) is 0 Å². The van der Waals surface area contributed by atoms with E-state index in [-0.39, 0.29) is 30.2 Å². The SMILES string of the molecule is CCOC(=O)Cc1c(N)nc(-c2ccc(Br)cn2)[nH]c1=O. The van der Waals surface area contributed by atoms with Gasteiger partial charge >= 0.3 is 5.97 Å². The minimum atomic E-state index is -0.522. The Balaban J connectivity index is 2.35. The molecule has 7 nitrogen and oxygen atoms in total. The molecule has 8 heteroatoms. The highest BCUT2D eigenvalue weighted by Crippen LogP contribution is 2.16. The van der Waals surface area contributed by atoms with Gasteiger partial charge in [-0.3, -0.25) is 14.6 Å². The second-order valence-corrected chi connectivity index (χ2v) is 5.04. The molecule has 2 aromatic rings. The Labute approximate surface area is 128 Å². The maximum atomic E-state index is 12.0. The van der Waals surface area contributed by atoms with Crippen molar-refractivity contribution in [2.75, 3.05) is 12.3 Å². The number of carbonyl (C=O) groups excluding carboxylic acids is 1. The number of pyridine rings is 1. The Hall–Kier alpha value is -2.22. The molecule has 0 unspecified atom stereocenters. The van der Waals surface area contributed by atoms with Gasteiger partial charge in [0.15, 0.2) is 5.82 Å². The second-order valence-electron chi connectivity index (χ2n) is 4.12. The molecule has 0 radical (unpaired) electrons. The third-order valence-electron chi connectivity index (χ3n) is 2.64. The summed E-state index contributed by atoms with van der Waals surface area (Å²) in [5, 5.41) is 0. The zero-order chi connectivity index (χ0) is 15.4. The highest BCUT2D eigenvalue weighted by molar-refractivity contribution is 9.10. The molecule has 0 aliphatic heterocycles. The minimum absolute atomic E-state index is 0.00785. The largest absolute Gasteiger partial charge is 0.466 e. The van der Waals surface area contributed by atoms with Crippen LogP contribution in [0, 0.1) is 0 Å². The number of halogens is 1. The molecule has 0 saturated carbocycles. The van der Waals surface area contributed by atoms with Crippen LogP contribution in [0.15, 0.2) is 27.6 Å². The molecule has 0 atom stereocenters. The molecule has 0 saturated heterocycles. The van der Waals surface area contributed by atoms with E-state index in [2.05, 4.69) is 30.9 Å².